The molecule has 0 spiro atoms. The number of hydrogen-bond donors (Lipinski definition) is 2. The maximum absolute atomic E-state index is 13.5. The Hall–Kier alpha value is -1.74. The van der Waals surface area contributed by atoms with Crippen molar-refractivity contribution in [2.24, 2.45) is 10.7 Å². The number of halogens is 2. The Morgan fingerprint density at radius 2 is 2.17 bits per heavy atom. The van der Waals surface area contributed by atoms with Gasteiger partial charge in [0.05, 0.1) is 18.5 Å². The molecule has 1 aromatic carbocycles. The van der Waals surface area contributed by atoms with Gasteiger partial charge in [-0.1, -0.05) is 6.42 Å². The fourth-order valence-electron chi connectivity index (χ4n) is 2.57. The molecular formula is C14H20F2N4O2S. The number of nitrogens with zero attached hydrogens (tertiary/aromatic N) is 2. The number of piperidine rings is 1. The lowest BCUT2D eigenvalue weighted by atomic mass is 10.1. The van der Waals surface area contributed by atoms with Gasteiger partial charge in [0.25, 0.3) is 0 Å². The van der Waals surface area contributed by atoms with E-state index in [1.54, 1.807) is 0 Å². The van der Waals surface area contributed by atoms with Crippen LogP contribution in [-0.4, -0.2) is 44.1 Å². The molecule has 2 rings (SSSR count). The molecule has 0 aromatic heterocycles. The Balaban J connectivity index is 2.04. The third-order valence-electron chi connectivity index (χ3n) is 3.66. The molecule has 0 saturated carbocycles. The zero-order valence-electron chi connectivity index (χ0n) is 12.8. The highest BCUT2D eigenvalue weighted by molar-refractivity contribution is 7.88. The first-order valence-electron chi connectivity index (χ1n) is 7.26. The van der Waals surface area contributed by atoms with Gasteiger partial charge in [0.15, 0.2) is 5.96 Å². The van der Waals surface area contributed by atoms with E-state index in [-0.39, 0.29) is 24.2 Å². The third-order valence-corrected chi connectivity index (χ3v) is 5.00. The Bertz CT molecular complexity index is 694. The van der Waals surface area contributed by atoms with Gasteiger partial charge in [0.1, 0.15) is 11.6 Å². The van der Waals surface area contributed by atoms with E-state index in [9.17, 15) is 17.2 Å². The van der Waals surface area contributed by atoms with Crippen molar-refractivity contribution in [3.63, 3.8) is 0 Å². The Morgan fingerprint density at radius 3 is 2.87 bits per heavy atom. The Kier molecular flexibility index (Phi) is 5.53. The number of aliphatic imine (C=N–C) groups is 1. The van der Waals surface area contributed by atoms with Crippen molar-refractivity contribution in [3.8, 4) is 0 Å². The molecule has 9 heteroatoms. The van der Waals surface area contributed by atoms with Crippen LogP contribution in [0.25, 0.3) is 0 Å². The van der Waals surface area contributed by atoms with Crippen LogP contribution in [0.2, 0.25) is 0 Å². The summed E-state index contributed by atoms with van der Waals surface area (Å²) in [5.41, 5.74) is 5.56. The van der Waals surface area contributed by atoms with Gasteiger partial charge in [-0.3, -0.25) is 4.99 Å². The van der Waals surface area contributed by atoms with Gasteiger partial charge in [-0.2, -0.15) is 4.31 Å². The molecule has 1 aromatic rings. The lowest BCUT2D eigenvalue weighted by molar-refractivity contribution is 0.259. The Labute approximate surface area is 134 Å². The third kappa shape index (κ3) is 4.87. The van der Waals surface area contributed by atoms with Crippen LogP contribution < -0.4 is 11.1 Å². The van der Waals surface area contributed by atoms with E-state index < -0.39 is 21.7 Å². The van der Waals surface area contributed by atoms with Gasteiger partial charge in [-0.05, 0) is 25.0 Å². The molecule has 1 unspecified atom stereocenters. The summed E-state index contributed by atoms with van der Waals surface area (Å²) in [4.78, 5) is 4.07. The van der Waals surface area contributed by atoms with Crippen molar-refractivity contribution in [1.29, 1.82) is 0 Å². The van der Waals surface area contributed by atoms with E-state index in [1.807, 2.05) is 0 Å². The van der Waals surface area contributed by atoms with Crippen molar-refractivity contribution in [2.75, 3.05) is 24.7 Å². The maximum Gasteiger partial charge on any atom is 0.211 e. The van der Waals surface area contributed by atoms with Crippen molar-refractivity contribution in [3.05, 3.63) is 29.8 Å². The summed E-state index contributed by atoms with van der Waals surface area (Å²) >= 11 is 0. The predicted octanol–water partition coefficient (Wildman–Crippen LogP) is 1.51. The minimum Gasteiger partial charge on any atom is -0.370 e. The zero-order valence-corrected chi connectivity index (χ0v) is 13.6. The minimum atomic E-state index is -3.30. The second-order valence-corrected chi connectivity index (χ2v) is 7.43. The number of nitrogens with two attached hydrogens (primary N) is 1. The summed E-state index contributed by atoms with van der Waals surface area (Å²) in [6.45, 7) is 0.633. The molecule has 0 bridgehead atoms. The van der Waals surface area contributed by atoms with Crippen LogP contribution in [0, 0.1) is 11.6 Å². The molecule has 0 amide bonds. The highest BCUT2D eigenvalue weighted by Gasteiger charge is 2.29. The predicted molar refractivity (Wildman–Crippen MR) is 85.7 cm³/mol. The molecule has 3 N–H and O–H groups in total. The first-order valence-corrected chi connectivity index (χ1v) is 9.11. The molecule has 1 atom stereocenters. The highest BCUT2D eigenvalue weighted by Crippen LogP contribution is 2.20. The van der Waals surface area contributed by atoms with E-state index in [1.165, 1.54) is 10.6 Å². The van der Waals surface area contributed by atoms with Crippen molar-refractivity contribution < 1.29 is 17.2 Å². The van der Waals surface area contributed by atoms with E-state index in [0.717, 1.165) is 31.0 Å². The first-order chi connectivity index (χ1) is 10.8. The average molecular weight is 346 g/mol. The van der Waals surface area contributed by atoms with Crippen LogP contribution in [-0.2, 0) is 10.0 Å². The Morgan fingerprint density at radius 1 is 1.43 bits per heavy atom. The smallest absolute Gasteiger partial charge is 0.211 e. The fraction of sp³-hybridized carbons (Fsp3) is 0.500. The lowest BCUT2D eigenvalue weighted by Gasteiger charge is -2.32. The normalized spacial score (nSPS) is 20.5. The number of anilines is 1. The zero-order chi connectivity index (χ0) is 17.0. The molecule has 1 aliphatic rings. The van der Waals surface area contributed by atoms with Gasteiger partial charge in [0, 0.05) is 18.7 Å². The lowest BCUT2D eigenvalue weighted by Crippen LogP contribution is -2.45. The van der Waals surface area contributed by atoms with Crippen molar-refractivity contribution >= 4 is 21.7 Å². The number of guanidine groups is 1. The topological polar surface area (TPSA) is 87.8 Å². The van der Waals surface area contributed by atoms with Gasteiger partial charge < -0.3 is 11.1 Å². The molecule has 1 fully saturated rings. The standard InChI is InChI=1S/C14H20F2N4O2S/c1-23(21,22)20-7-3-2-4-11(20)9-18-14(17)19-13-8-10(15)5-6-12(13)16/h5-6,8,11H,2-4,7,9H2,1H3,(H3,17,18,19). The second kappa shape index (κ2) is 7.22. The quantitative estimate of drug-likeness (QED) is 0.639. The van der Waals surface area contributed by atoms with Crippen LogP contribution >= 0.6 is 0 Å². The SMILES string of the molecule is CS(=O)(=O)N1CCCCC1CN=C(N)Nc1cc(F)ccc1F. The van der Waals surface area contributed by atoms with E-state index in [0.29, 0.717) is 13.0 Å². The molecular weight excluding hydrogens is 326 g/mol. The average Bonchev–Trinajstić information content (AvgIpc) is 2.48. The van der Waals surface area contributed by atoms with Gasteiger partial charge >= 0.3 is 0 Å². The summed E-state index contributed by atoms with van der Waals surface area (Å²) in [5.74, 6) is -1.34. The summed E-state index contributed by atoms with van der Waals surface area (Å²) in [6.07, 6.45) is 3.59. The van der Waals surface area contributed by atoms with Crippen LogP contribution in [0.4, 0.5) is 14.5 Å². The molecule has 1 heterocycles. The fourth-order valence-corrected chi connectivity index (χ4v) is 3.74. The van der Waals surface area contributed by atoms with Crippen molar-refractivity contribution in [1.82, 2.24) is 4.31 Å². The summed E-state index contributed by atoms with van der Waals surface area (Å²) in [5, 5.41) is 2.49. The summed E-state index contributed by atoms with van der Waals surface area (Å²) in [6, 6.07) is 2.69. The highest BCUT2D eigenvalue weighted by atomic mass is 32.2. The van der Waals surface area contributed by atoms with Crippen LogP contribution in [0.1, 0.15) is 19.3 Å². The largest absolute Gasteiger partial charge is 0.370 e. The molecule has 6 nitrogen and oxygen atoms in total. The molecule has 0 aliphatic carbocycles. The summed E-state index contributed by atoms with van der Waals surface area (Å²) in [7, 11) is -3.30. The van der Waals surface area contributed by atoms with Crippen LogP contribution in [0.5, 0.6) is 0 Å². The second-order valence-electron chi connectivity index (χ2n) is 5.50. The molecule has 128 valence electrons. The number of benzene rings is 1. The maximum atomic E-state index is 13.5. The van der Waals surface area contributed by atoms with E-state index in [4.69, 9.17) is 5.73 Å². The number of nitrogens with one attached hydrogen (secondary N) is 1. The van der Waals surface area contributed by atoms with Crippen LogP contribution in [0.15, 0.2) is 23.2 Å². The van der Waals surface area contributed by atoms with Gasteiger partial charge in [-0.15, -0.1) is 0 Å². The van der Waals surface area contributed by atoms with Crippen LogP contribution in [0.3, 0.4) is 0 Å². The van der Waals surface area contributed by atoms with Gasteiger partial charge in [-0.25, -0.2) is 17.2 Å². The number of rotatable bonds is 4. The minimum absolute atomic E-state index is 0.0893. The number of sulfonamides is 1. The molecule has 1 aliphatic heterocycles. The van der Waals surface area contributed by atoms with Gasteiger partial charge in [0.2, 0.25) is 10.0 Å². The molecule has 0 radical (unpaired) electrons. The summed E-state index contributed by atoms with van der Waals surface area (Å²) < 4.78 is 51.5. The monoisotopic (exact) mass is 346 g/mol. The van der Waals surface area contributed by atoms with E-state index >= 15 is 0 Å². The first kappa shape index (κ1) is 17.6. The van der Waals surface area contributed by atoms with E-state index in [2.05, 4.69) is 10.3 Å². The molecule has 1 saturated heterocycles. The number of hydrogen-bond acceptors (Lipinski definition) is 3. The van der Waals surface area contributed by atoms with Crippen molar-refractivity contribution in [2.45, 2.75) is 25.3 Å². The molecule has 23 heavy (non-hydrogen) atoms.